The fraction of sp³-hybridized carbons (Fsp3) is 0. The molecule has 9 heteroatoms. The van der Waals surface area contributed by atoms with Crippen LogP contribution in [0, 0.1) is 0 Å². The number of anilines is 1. The third kappa shape index (κ3) is 5.06. The van der Waals surface area contributed by atoms with Gasteiger partial charge in [0.1, 0.15) is 11.4 Å². The summed E-state index contributed by atoms with van der Waals surface area (Å²) in [7, 11) is 0. The van der Waals surface area contributed by atoms with Crippen LogP contribution in [0.15, 0.2) is 91.4 Å². The highest BCUT2D eigenvalue weighted by Crippen LogP contribution is 2.35. The number of carbonyl (C=O) groups is 1. The Morgan fingerprint density at radius 2 is 1.53 bits per heavy atom. The van der Waals surface area contributed by atoms with Crippen molar-refractivity contribution in [2.45, 2.75) is 0 Å². The molecular weight excluding hydrogens is 519 g/mol. The molecule has 1 amide bonds. The Bertz CT molecular complexity index is 1550. The number of phenolic OH excluding ortho intramolecular Hbond substituents is 1. The van der Waals surface area contributed by atoms with Crippen LogP contribution in [0.2, 0.25) is 15.1 Å². The Morgan fingerprint density at radius 1 is 0.833 bits per heavy atom. The molecule has 2 heterocycles. The number of aromatic nitrogens is 3. The molecule has 0 aliphatic heterocycles. The summed E-state index contributed by atoms with van der Waals surface area (Å²) in [6.45, 7) is 0. The predicted octanol–water partition coefficient (Wildman–Crippen LogP) is 7.52. The molecular formula is C27H17Cl3N4O2. The van der Waals surface area contributed by atoms with E-state index in [1.165, 1.54) is 6.07 Å². The Hall–Kier alpha value is -3.84. The highest BCUT2D eigenvalue weighted by molar-refractivity contribution is 6.35. The van der Waals surface area contributed by atoms with E-state index < -0.39 is 0 Å². The van der Waals surface area contributed by atoms with Crippen LogP contribution in [0.4, 0.5) is 5.69 Å². The van der Waals surface area contributed by atoms with Gasteiger partial charge in [-0.1, -0.05) is 34.8 Å². The van der Waals surface area contributed by atoms with Crippen LogP contribution >= 0.6 is 34.8 Å². The van der Waals surface area contributed by atoms with E-state index in [0.29, 0.717) is 27.0 Å². The quantitative estimate of drug-likeness (QED) is 0.244. The average Bonchev–Trinajstić information content (AvgIpc) is 3.32. The van der Waals surface area contributed by atoms with Crippen LogP contribution in [-0.4, -0.2) is 25.8 Å². The minimum absolute atomic E-state index is 0.00277. The van der Waals surface area contributed by atoms with Crippen LogP contribution in [0.1, 0.15) is 10.4 Å². The Kier molecular flexibility index (Phi) is 6.65. The van der Waals surface area contributed by atoms with Gasteiger partial charge in [0.05, 0.1) is 10.7 Å². The summed E-state index contributed by atoms with van der Waals surface area (Å²) in [6, 6.07) is 20.7. The smallest absolute Gasteiger partial charge is 0.255 e. The minimum Gasteiger partial charge on any atom is -0.506 e. The molecule has 0 spiro atoms. The van der Waals surface area contributed by atoms with Gasteiger partial charge in [0.2, 0.25) is 0 Å². The molecule has 2 aromatic heterocycles. The highest BCUT2D eigenvalue weighted by atomic mass is 35.5. The third-order valence-corrected chi connectivity index (χ3v) is 6.18. The maximum Gasteiger partial charge on any atom is 0.255 e. The second kappa shape index (κ2) is 10.0. The van der Waals surface area contributed by atoms with Crippen molar-refractivity contribution in [3.8, 4) is 33.8 Å². The van der Waals surface area contributed by atoms with E-state index in [4.69, 9.17) is 39.9 Å². The first-order chi connectivity index (χ1) is 17.4. The highest BCUT2D eigenvalue weighted by Gasteiger charge is 2.16. The lowest BCUT2D eigenvalue weighted by Gasteiger charge is -2.08. The number of nitrogens with zero attached hydrogens (tertiary/aromatic N) is 3. The maximum atomic E-state index is 12.6. The minimum atomic E-state index is -0.322. The number of nitrogens with one attached hydrogen (secondary N) is 1. The fourth-order valence-electron chi connectivity index (χ4n) is 3.70. The molecule has 0 aliphatic rings. The number of carbonyl (C=O) groups excluding carboxylic acids is 1. The van der Waals surface area contributed by atoms with Crippen molar-refractivity contribution < 1.29 is 9.90 Å². The zero-order valence-corrected chi connectivity index (χ0v) is 20.8. The van der Waals surface area contributed by atoms with E-state index in [-0.39, 0.29) is 16.7 Å². The maximum absolute atomic E-state index is 12.6. The van der Waals surface area contributed by atoms with E-state index in [0.717, 1.165) is 22.4 Å². The van der Waals surface area contributed by atoms with E-state index in [9.17, 15) is 9.90 Å². The van der Waals surface area contributed by atoms with Crippen molar-refractivity contribution in [1.29, 1.82) is 0 Å². The number of rotatable bonds is 5. The van der Waals surface area contributed by atoms with Crippen molar-refractivity contribution in [2.24, 2.45) is 0 Å². The van der Waals surface area contributed by atoms with Crippen molar-refractivity contribution >= 4 is 46.4 Å². The number of aromatic hydroxyl groups is 1. The number of phenols is 1. The molecule has 6 nitrogen and oxygen atoms in total. The van der Waals surface area contributed by atoms with Gasteiger partial charge in [-0.15, -0.1) is 0 Å². The molecule has 178 valence electrons. The van der Waals surface area contributed by atoms with Crippen molar-refractivity contribution in [1.82, 2.24) is 14.8 Å². The summed E-state index contributed by atoms with van der Waals surface area (Å²) in [5.74, 6) is -0.319. The summed E-state index contributed by atoms with van der Waals surface area (Å²) in [5.41, 5.74) is 5.00. The van der Waals surface area contributed by atoms with Gasteiger partial charge in [-0.3, -0.25) is 9.78 Å². The number of amides is 1. The zero-order valence-electron chi connectivity index (χ0n) is 18.5. The third-order valence-electron chi connectivity index (χ3n) is 5.44. The lowest BCUT2D eigenvalue weighted by Crippen LogP contribution is -2.12. The van der Waals surface area contributed by atoms with Crippen LogP contribution in [0.25, 0.3) is 28.1 Å². The summed E-state index contributed by atoms with van der Waals surface area (Å²) < 4.78 is 1.74. The van der Waals surface area contributed by atoms with E-state index in [1.54, 1.807) is 59.5 Å². The topological polar surface area (TPSA) is 80.0 Å². The predicted molar refractivity (Wildman–Crippen MR) is 143 cm³/mol. The molecule has 0 saturated carbocycles. The van der Waals surface area contributed by atoms with Gasteiger partial charge in [0, 0.05) is 51.0 Å². The molecule has 36 heavy (non-hydrogen) atoms. The van der Waals surface area contributed by atoms with Crippen LogP contribution in [0.3, 0.4) is 0 Å². The zero-order chi connectivity index (χ0) is 25.2. The van der Waals surface area contributed by atoms with Gasteiger partial charge in [-0.05, 0) is 78.4 Å². The largest absolute Gasteiger partial charge is 0.506 e. The van der Waals surface area contributed by atoms with Crippen molar-refractivity contribution in [3.63, 3.8) is 0 Å². The molecule has 3 aromatic carbocycles. The first-order valence-electron chi connectivity index (χ1n) is 10.7. The molecule has 0 saturated heterocycles. The molecule has 0 atom stereocenters. The number of hydrogen-bond donors (Lipinski definition) is 2. The molecule has 0 unspecified atom stereocenters. The van der Waals surface area contributed by atoms with Crippen LogP contribution in [-0.2, 0) is 0 Å². The van der Waals surface area contributed by atoms with Gasteiger partial charge in [-0.25, -0.2) is 4.68 Å². The molecule has 0 radical (unpaired) electrons. The lowest BCUT2D eigenvalue weighted by molar-refractivity contribution is 0.102. The number of benzene rings is 3. The lowest BCUT2D eigenvalue weighted by atomic mass is 10.0. The SMILES string of the molecule is O=C(Nc1ccc(-n2cc(-c3ccncc3)c(-c3ccc(O)c(Cl)c3)n2)cc1)c1cc(Cl)cc(Cl)c1. The molecule has 0 aliphatic carbocycles. The van der Waals surface area contributed by atoms with E-state index >= 15 is 0 Å². The molecule has 2 N–H and O–H groups in total. The fourth-order valence-corrected chi connectivity index (χ4v) is 4.41. The molecule has 5 aromatic rings. The Labute approximate surface area is 221 Å². The van der Waals surface area contributed by atoms with E-state index in [1.807, 2.05) is 30.5 Å². The summed E-state index contributed by atoms with van der Waals surface area (Å²) in [5, 5.41) is 18.5. The van der Waals surface area contributed by atoms with Gasteiger partial charge in [-0.2, -0.15) is 5.10 Å². The second-order valence-electron chi connectivity index (χ2n) is 7.90. The second-order valence-corrected chi connectivity index (χ2v) is 9.18. The first kappa shape index (κ1) is 23.9. The normalized spacial score (nSPS) is 10.9. The van der Waals surface area contributed by atoms with E-state index in [2.05, 4.69) is 10.3 Å². The number of hydrogen-bond acceptors (Lipinski definition) is 4. The van der Waals surface area contributed by atoms with Crippen molar-refractivity contribution in [3.05, 3.63) is 112 Å². The summed E-state index contributed by atoms with van der Waals surface area (Å²) in [4.78, 5) is 16.7. The first-order valence-corrected chi connectivity index (χ1v) is 11.9. The van der Waals surface area contributed by atoms with Gasteiger partial charge in [0.25, 0.3) is 5.91 Å². The standard InChI is InChI=1S/C27H17Cl3N4O2/c28-19-11-18(12-20(29)14-19)27(36)32-21-2-4-22(5-3-21)34-15-23(16-7-9-31-10-8-16)26(33-34)17-1-6-25(35)24(30)13-17/h1-15,35H,(H,32,36). The average molecular weight is 536 g/mol. The summed E-state index contributed by atoms with van der Waals surface area (Å²) in [6.07, 6.45) is 5.34. The van der Waals surface area contributed by atoms with Crippen molar-refractivity contribution in [2.75, 3.05) is 5.32 Å². The van der Waals surface area contributed by atoms with Gasteiger partial charge >= 0.3 is 0 Å². The molecule has 0 bridgehead atoms. The van der Waals surface area contributed by atoms with Crippen LogP contribution < -0.4 is 5.32 Å². The molecule has 5 rings (SSSR count). The number of halogens is 3. The Morgan fingerprint density at radius 3 is 2.19 bits per heavy atom. The van der Waals surface area contributed by atoms with Gasteiger partial charge in [0.15, 0.2) is 0 Å². The molecule has 0 fully saturated rings. The number of pyridine rings is 1. The van der Waals surface area contributed by atoms with Gasteiger partial charge < -0.3 is 10.4 Å². The Balaban J connectivity index is 1.46. The van der Waals surface area contributed by atoms with Crippen LogP contribution in [0.5, 0.6) is 5.75 Å². The summed E-state index contributed by atoms with van der Waals surface area (Å²) >= 11 is 18.2. The monoisotopic (exact) mass is 534 g/mol.